The van der Waals surface area contributed by atoms with Gasteiger partial charge in [-0.2, -0.15) is 0 Å². The minimum Gasteiger partial charge on any atom is -0.469 e. The van der Waals surface area contributed by atoms with E-state index in [1.807, 2.05) is 0 Å². The van der Waals surface area contributed by atoms with Crippen molar-refractivity contribution >= 4 is 41.4 Å². The summed E-state index contributed by atoms with van der Waals surface area (Å²) in [5, 5.41) is 13.6. The number of esters is 1. The molecule has 1 aromatic heterocycles. The van der Waals surface area contributed by atoms with Crippen molar-refractivity contribution in [2.45, 2.75) is 57.7 Å². The van der Waals surface area contributed by atoms with Gasteiger partial charge >= 0.3 is 5.97 Å². The van der Waals surface area contributed by atoms with Crippen LogP contribution in [0.5, 0.6) is 0 Å². The molecule has 54 heavy (non-hydrogen) atoms. The summed E-state index contributed by atoms with van der Waals surface area (Å²) in [5.74, 6) is -4.09. The molecule has 1 fully saturated rings. The first kappa shape index (κ1) is 41.2. The molecule has 3 heterocycles. The highest BCUT2D eigenvalue weighted by atomic mass is 16.5. The second-order valence-corrected chi connectivity index (χ2v) is 12.9. The molecule has 2 aliphatic heterocycles. The Morgan fingerprint density at radius 2 is 1.81 bits per heavy atom. The third-order valence-corrected chi connectivity index (χ3v) is 9.00. The Morgan fingerprint density at radius 3 is 2.56 bits per heavy atom. The van der Waals surface area contributed by atoms with E-state index < -0.39 is 58.9 Å². The molecule has 2 aromatic rings. The van der Waals surface area contributed by atoms with Gasteiger partial charge in [-0.05, 0) is 49.4 Å². The van der Waals surface area contributed by atoms with Crippen molar-refractivity contribution in [3.8, 4) is 0 Å². The number of nitrogens with one attached hydrogen (secondary N) is 5. The number of fused-ring (bicyclic) bond motifs is 3. The summed E-state index contributed by atoms with van der Waals surface area (Å²) in [4.78, 5) is 95.2. The van der Waals surface area contributed by atoms with Crippen LogP contribution in [0.2, 0.25) is 0 Å². The van der Waals surface area contributed by atoms with Gasteiger partial charge in [0.25, 0.3) is 0 Å². The summed E-state index contributed by atoms with van der Waals surface area (Å²) in [7, 11) is 0. The molecule has 0 spiro atoms. The van der Waals surface area contributed by atoms with Crippen molar-refractivity contribution in [3.63, 3.8) is 0 Å². The number of ether oxygens (including phenoxy) is 2. The molecule has 7 N–H and O–H groups in total. The fraction of sp³-hybridized carbons (Fsp3) is 0.486. The average molecular weight is 752 g/mol. The van der Waals surface area contributed by atoms with Gasteiger partial charge in [0.05, 0.1) is 32.5 Å². The first-order valence-corrected chi connectivity index (χ1v) is 18.0. The molecule has 2 bridgehead atoms. The highest BCUT2D eigenvalue weighted by Crippen LogP contribution is 2.33. The van der Waals surface area contributed by atoms with Crippen molar-refractivity contribution in [2.75, 3.05) is 52.5 Å². The van der Waals surface area contributed by atoms with Crippen molar-refractivity contribution in [2.24, 2.45) is 11.1 Å². The van der Waals surface area contributed by atoms with Gasteiger partial charge in [-0.1, -0.05) is 24.3 Å². The molecule has 0 saturated carbocycles. The fourth-order valence-corrected chi connectivity index (χ4v) is 6.19. The number of nitrogens with two attached hydrogens (primary N) is 1. The van der Waals surface area contributed by atoms with E-state index in [1.165, 1.54) is 11.2 Å². The number of piperidine rings is 1. The van der Waals surface area contributed by atoms with E-state index in [4.69, 9.17) is 19.6 Å². The summed E-state index contributed by atoms with van der Waals surface area (Å²) >= 11 is 0. The van der Waals surface area contributed by atoms with E-state index in [-0.39, 0.29) is 78.0 Å². The van der Waals surface area contributed by atoms with Gasteiger partial charge in [-0.3, -0.25) is 33.6 Å². The number of carbonyl (C=O) groups is 7. The highest BCUT2D eigenvalue weighted by molar-refractivity contribution is 6.05. The monoisotopic (exact) mass is 751 g/mol. The minimum absolute atomic E-state index is 0.0206. The van der Waals surface area contributed by atoms with Crippen LogP contribution >= 0.6 is 0 Å². The molecule has 6 amide bonds. The second-order valence-electron chi connectivity index (χ2n) is 12.9. The largest absolute Gasteiger partial charge is 0.469 e. The van der Waals surface area contributed by atoms with Gasteiger partial charge in [0.2, 0.25) is 35.4 Å². The van der Waals surface area contributed by atoms with Crippen LogP contribution in [0.25, 0.3) is 0 Å². The van der Waals surface area contributed by atoms with E-state index >= 15 is 0 Å². The zero-order valence-electron chi connectivity index (χ0n) is 30.4. The number of benzene rings is 1. The number of nitrogens with zero attached hydrogens (tertiary/aromatic N) is 1. The van der Waals surface area contributed by atoms with Gasteiger partial charge in [-0.25, -0.2) is 0 Å². The highest BCUT2D eigenvalue weighted by Gasteiger charge is 2.51. The Hall–Kier alpha value is -5.55. The standard InChI is InChI=1S/C37H49N7O10/c1-2-53-36(51)37-13-6-17-44(24-37)32(47)11-10-30(45)39-15-12-28(33(48)40-16-20-52-19-14-38)42-31(46)21-25-7-3-4-8-26(25)23-41-34(49)29(43-35(37)50)22-27-9-5-18-54-27/h3-5,7-11,18,28-29H,2,6,12-17,19-24,38H2,1H3,(H,39,45)(H,40,48)(H,41,49)(H,42,46)(H,43,50)/b11-10+/t28-,29-,37+/m0/s1. The molecular weight excluding hydrogens is 702 g/mol. The number of furan rings is 1. The van der Waals surface area contributed by atoms with E-state index in [0.717, 1.165) is 12.2 Å². The maximum absolute atomic E-state index is 14.1. The summed E-state index contributed by atoms with van der Waals surface area (Å²) < 4.78 is 16.1. The number of rotatable bonds is 10. The van der Waals surface area contributed by atoms with Crippen molar-refractivity contribution in [1.82, 2.24) is 31.5 Å². The molecule has 17 heteroatoms. The minimum atomic E-state index is -1.84. The molecule has 0 aliphatic carbocycles. The SMILES string of the molecule is CCOC(=O)[C@]12CCCN(C1)C(=O)/C=C/C(=O)NCC[C@@H](C(=O)NCCOCCN)NC(=O)Cc1ccccc1CNC(=O)[C@H](Cc1ccco1)NC2=O. The molecule has 4 rings (SSSR count). The van der Waals surface area contributed by atoms with E-state index in [1.54, 1.807) is 43.3 Å². The Balaban J connectivity index is 1.64. The number of carbonyl (C=O) groups excluding carboxylic acids is 7. The maximum Gasteiger partial charge on any atom is 0.323 e. The summed E-state index contributed by atoms with van der Waals surface area (Å²) in [6, 6.07) is 7.97. The zero-order chi connectivity index (χ0) is 38.9. The summed E-state index contributed by atoms with van der Waals surface area (Å²) in [5.41, 5.74) is 4.77. The second kappa shape index (κ2) is 20.6. The van der Waals surface area contributed by atoms with Gasteiger partial charge in [0.15, 0.2) is 5.41 Å². The van der Waals surface area contributed by atoms with Crippen LogP contribution in [0.15, 0.2) is 59.2 Å². The van der Waals surface area contributed by atoms with E-state index in [2.05, 4.69) is 26.6 Å². The van der Waals surface area contributed by atoms with Crippen LogP contribution in [0.3, 0.4) is 0 Å². The molecule has 0 unspecified atom stereocenters. The van der Waals surface area contributed by atoms with Crippen LogP contribution in [0, 0.1) is 5.41 Å². The lowest BCUT2D eigenvalue weighted by molar-refractivity contribution is -0.166. The lowest BCUT2D eigenvalue weighted by atomic mass is 9.78. The summed E-state index contributed by atoms with van der Waals surface area (Å²) in [6.45, 7) is 2.39. The Morgan fingerprint density at radius 1 is 1.02 bits per heavy atom. The first-order valence-electron chi connectivity index (χ1n) is 18.0. The van der Waals surface area contributed by atoms with Gasteiger partial charge in [0, 0.05) is 57.8 Å². The van der Waals surface area contributed by atoms with Crippen molar-refractivity contribution in [3.05, 3.63) is 71.7 Å². The molecular formula is C37H49N7O10. The third-order valence-electron chi connectivity index (χ3n) is 9.00. The average Bonchev–Trinajstić information content (AvgIpc) is 3.68. The van der Waals surface area contributed by atoms with Crippen LogP contribution in [-0.2, 0) is 62.4 Å². The molecule has 1 saturated heterocycles. The molecule has 3 atom stereocenters. The predicted octanol–water partition coefficient (Wildman–Crippen LogP) is -1.01. The quantitative estimate of drug-likeness (QED) is 0.0977. The molecule has 292 valence electrons. The molecule has 0 radical (unpaired) electrons. The predicted molar refractivity (Wildman–Crippen MR) is 193 cm³/mol. The van der Waals surface area contributed by atoms with Crippen LogP contribution in [0.1, 0.15) is 43.1 Å². The van der Waals surface area contributed by atoms with Crippen LogP contribution in [0.4, 0.5) is 0 Å². The lowest BCUT2D eigenvalue weighted by Gasteiger charge is -2.40. The number of amides is 6. The molecule has 1 aromatic carbocycles. The maximum atomic E-state index is 14.1. The normalized spacial score (nSPS) is 22.6. The molecule has 17 nitrogen and oxygen atoms in total. The Bertz CT molecular complexity index is 1660. The smallest absolute Gasteiger partial charge is 0.323 e. The zero-order valence-corrected chi connectivity index (χ0v) is 30.4. The van der Waals surface area contributed by atoms with Crippen LogP contribution in [-0.4, -0.2) is 111 Å². The van der Waals surface area contributed by atoms with E-state index in [9.17, 15) is 33.6 Å². The Labute approximate surface area is 313 Å². The molecule has 2 aliphatic rings. The lowest BCUT2D eigenvalue weighted by Crippen LogP contribution is -2.60. The van der Waals surface area contributed by atoms with Gasteiger partial charge in [-0.15, -0.1) is 0 Å². The van der Waals surface area contributed by atoms with Crippen molar-refractivity contribution < 1.29 is 47.5 Å². The topological polar surface area (TPSA) is 240 Å². The Kier molecular flexibility index (Phi) is 15.7. The third kappa shape index (κ3) is 11.7. The fourth-order valence-electron chi connectivity index (χ4n) is 6.19. The number of hydrogen-bond donors (Lipinski definition) is 6. The van der Waals surface area contributed by atoms with Crippen LogP contribution < -0.4 is 32.3 Å². The van der Waals surface area contributed by atoms with Gasteiger partial charge < -0.3 is 51.1 Å². The summed E-state index contributed by atoms with van der Waals surface area (Å²) in [6.07, 6.45) is 3.60. The van der Waals surface area contributed by atoms with E-state index in [0.29, 0.717) is 30.0 Å². The van der Waals surface area contributed by atoms with Crippen molar-refractivity contribution in [1.29, 1.82) is 0 Å². The van der Waals surface area contributed by atoms with Gasteiger partial charge in [0.1, 0.15) is 17.8 Å². The first-order chi connectivity index (χ1) is 26.1. The number of hydrogen-bond acceptors (Lipinski definition) is 11.